The molecule has 0 saturated carbocycles. The second-order valence-electron chi connectivity index (χ2n) is 7.36. The number of ether oxygens (including phenoxy) is 2. The Labute approximate surface area is 170 Å². The lowest BCUT2D eigenvalue weighted by Crippen LogP contribution is -2.16. The summed E-state index contributed by atoms with van der Waals surface area (Å²) in [5.74, 6) is 0.924. The van der Waals surface area contributed by atoms with Gasteiger partial charge in [0.1, 0.15) is 10.8 Å². The van der Waals surface area contributed by atoms with Crippen LogP contribution in [0.2, 0.25) is 0 Å². The molecule has 5 nitrogen and oxygen atoms in total. The maximum Gasteiger partial charge on any atom is 0.341 e. The Hall–Kier alpha value is -2.34. The molecule has 28 heavy (non-hydrogen) atoms. The summed E-state index contributed by atoms with van der Waals surface area (Å²) in [6, 6.07) is 7.84. The number of fused-ring (bicyclic) bond motifs is 1. The molecule has 2 aromatic rings. The van der Waals surface area contributed by atoms with Crippen LogP contribution in [0.3, 0.4) is 0 Å². The second-order valence-corrected chi connectivity index (χ2v) is 8.47. The molecule has 0 spiro atoms. The zero-order valence-electron chi connectivity index (χ0n) is 16.7. The summed E-state index contributed by atoms with van der Waals surface area (Å²) >= 11 is 1.51. The van der Waals surface area contributed by atoms with E-state index in [1.807, 2.05) is 31.2 Å². The van der Waals surface area contributed by atoms with E-state index in [0.29, 0.717) is 35.9 Å². The van der Waals surface area contributed by atoms with Gasteiger partial charge in [-0.25, -0.2) is 4.79 Å². The van der Waals surface area contributed by atoms with Crippen molar-refractivity contribution in [2.24, 2.45) is 5.92 Å². The smallest absolute Gasteiger partial charge is 0.341 e. The molecule has 0 saturated heterocycles. The molecule has 0 unspecified atom stereocenters. The Morgan fingerprint density at radius 2 is 2.00 bits per heavy atom. The number of carbonyl (C=O) groups is 2. The Morgan fingerprint density at radius 1 is 1.25 bits per heavy atom. The van der Waals surface area contributed by atoms with Crippen LogP contribution in [-0.2, 0) is 22.4 Å². The van der Waals surface area contributed by atoms with E-state index in [9.17, 15) is 9.59 Å². The fraction of sp³-hybridized carbons (Fsp3) is 0.455. The summed E-state index contributed by atoms with van der Waals surface area (Å²) in [7, 11) is 1.38. The summed E-state index contributed by atoms with van der Waals surface area (Å²) in [5, 5.41) is 3.55. The number of methoxy groups -OCH3 is 1. The predicted molar refractivity (Wildman–Crippen MR) is 111 cm³/mol. The van der Waals surface area contributed by atoms with Gasteiger partial charge >= 0.3 is 5.97 Å². The maximum atomic E-state index is 12.4. The summed E-state index contributed by atoms with van der Waals surface area (Å²) in [6.07, 6.45) is 3.81. The summed E-state index contributed by atoms with van der Waals surface area (Å²) in [4.78, 5) is 25.9. The van der Waals surface area contributed by atoms with Crippen LogP contribution in [-0.4, -0.2) is 25.6 Å². The maximum absolute atomic E-state index is 12.4. The minimum Gasteiger partial charge on any atom is -0.494 e. The van der Waals surface area contributed by atoms with Gasteiger partial charge in [0.15, 0.2) is 0 Å². The lowest BCUT2D eigenvalue weighted by Gasteiger charge is -2.18. The number of thiophene rings is 1. The van der Waals surface area contributed by atoms with Crippen LogP contribution in [0.4, 0.5) is 5.00 Å². The molecule has 0 bridgehead atoms. The third-order valence-corrected chi connectivity index (χ3v) is 6.16. The molecule has 1 N–H and O–H groups in total. The van der Waals surface area contributed by atoms with Crippen molar-refractivity contribution in [1.82, 2.24) is 0 Å². The number of carbonyl (C=O) groups excluding carboxylic acids is 2. The van der Waals surface area contributed by atoms with Gasteiger partial charge in [-0.1, -0.05) is 24.6 Å². The van der Waals surface area contributed by atoms with Crippen molar-refractivity contribution in [1.29, 1.82) is 0 Å². The van der Waals surface area contributed by atoms with Crippen LogP contribution < -0.4 is 10.1 Å². The number of amides is 1. The molecule has 0 fully saturated rings. The second kappa shape index (κ2) is 9.24. The first-order valence-corrected chi connectivity index (χ1v) is 10.5. The fourth-order valence-electron chi connectivity index (χ4n) is 3.40. The molecular formula is C22H27NO4S. The van der Waals surface area contributed by atoms with Crippen molar-refractivity contribution in [3.63, 3.8) is 0 Å². The summed E-state index contributed by atoms with van der Waals surface area (Å²) < 4.78 is 10.6. The van der Waals surface area contributed by atoms with Gasteiger partial charge in [-0.2, -0.15) is 0 Å². The third kappa shape index (κ3) is 4.93. The SMILES string of the molecule is COC(=O)c1c(NC(=O)CCCOc2ccc(C)cc2)sc2c1CC[C@H](C)C2. The number of benzene rings is 1. The molecule has 3 rings (SSSR count). The van der Waals surface area contributed by atoms with Crippen LogP contribution >= 0.6 is 11.3 Å². The third-order valence-electron chi connectivity index (χ3n) is 4.99. The first-order chi connectivity index (χ1) is 13.5. The molecular weight excluding hydrogens is 374 g/mol. The predicted octanol–water partition coefficient (Wildman–Crippen LogP) is 4.77. The minimum absolute atomic E-state index is 0.107. The number of hydrogen-bond acceptors (Lipinski definition) is 5. The lowest BCUT2D eigenvalue weighted by molar-refractivity contribution is -0.116. The normalized spacial score (nSPS) is 15.6. The molecule has 1 aliphatic carbocycles. The first-order valence-electron chi connectivity index (χ1n) is 9.70. The molecule has 1 heterocycles. The Morgan fingerprint density at radius 3 is 2.71 bits per heavy atom. The van der Waals surface area contributed by atoms with Crippen molar-refractivity contribution in [3.05, 3.63) is 45.8 Å². The van der Waals surface area contributed by atoms with Crippen molar-refractivity contribution in [3.8, 4) is 5.75 Å². The fourth-order valence-corrected chi connectivity index (χ4v) is 4.82. The van der Waals surface area contributed by atoms with Crippen molar-refractivity contribution in [2.45, 2.75) is 46.0 Å². The Balaban J connectivity index is 1.57. The van der Waals surface area contributed by atoms with Crippen LogP contribution in [0.5, 0.6) is 5.75 Å². The average molecular weight is 402 g/mol. The first kappa shape index (κ1) is 20.4. The average Bonchev–Trinajstić information content (AvgIpc) is 3.02. The highest BCUT2D eigenvalue weighted by Gasteiger charge is 2.28. The Bertz CT molecular complexity index is 841. The minimum atomic E-state index is -0.370. The topological polar surface area (TPSA) is 64.6 Å². The zero-order valence-corrected chi connectivity index (χ0v) is 17.5. The van der Waals surface area contributed by atoms with Crippen molar-refractivity contribution >= 4 is 28.2 Å². The van der Waals surface area contributed by atoms with E-state index in [4.69, 9.17) is 9.47 Å². The lowest BCUT2D eigenvalue weighted by atomic mass is 9.88. The van der Waals surface area contributed by atoms with E-state index in [2.05, 4.69) is 12.2 Å². The molecule has 1 amide bonds. The van der Waals surface area contributed by atoms with Gasteiger partial charge in [0, 0.05) is 11.3 Å². The van der Waals surface area contributed by atoms with Gasteiger partial charge in [-0.3, -0.25) is 4.79 Å². The van der Waals surface area contributed by atoms with Gasteiger partial charge < -0.3 is 14.8 Å². The van der Waals surface area contributed by atoms with Crippen LogP contribution in [0.1, 0.15) is 52.5 Å². The molecule has 1 aromatic heterocycles. The van der Waals surface area contributed by atoms with E-state index in [0.717, 1.165) is 30.6 Å². The van der Waals surface area contributed by atoms with E-state index in [-0.39, 0.29) is 11.9 Å². The van der Waals surface area contributed by atoms with E-state index >= 15 is 0 Å². The van der Waals surface area contributed by atoms with Crippen molar-refractivity contribution < 1.29 is 19.1 Å². The van der Waals surface area contributed by atoms with Gasteiger partial charge in [0.25, 0.3) is 0 Å². The molecule has 0 aliphatic heterocycles. The molecule has 0 radical (unpaired) electrons. The van der Waals surface area contributed by atoms with Gasteiger partial charge in [-0.15, -0.1) is 11.3 Å². The highest BCUT2D eigenvalue weighted by atomic mass is 32.1. The number of nitrogens with one attached hydrogen (secondary N) is 1. The summed E-state index contributed by atoms with van der Waals surface area (Å²) in [6.45, 7) is 4.71. The quantitative estimate of drug-likeness (QED) is 0.536. The van der Waals surface area contributed by atoms with E-state index < -0.39 is 0 Å². The van der Waals surface area contributed by atoms with Gasteiger partial charge in [-0.05, 0) is 56.2 Å². The van der Waals surface area contributed by atoms with Crippen LogP contribution in [0, 0.1) is 12.8 Å². The van der Waals surface area contributed by atoms with Crippen molar-refractivity contribution in [2.75, 3.05) is 19.0 Å². The number of anilines is 1. The number of rotatable bonds is 7. The van der Waals surface area contributed by atoms with Gasteiger partial charge in [0.05, 0.1) is 19.3 Å². The number of hydrogen-bond donors (Lipinski definition) is 1. The van der Waals surface area contributed by atoms with E-state index in [1.54, 1.807) is 0 Å². The molecule has 1 atom stereocenters. The molecule has 1 aromatic carbocycles. The van der Waals surface area contributed by atoms with Crippen LogP contribution in [0.15, 0.2) is 24.3 Å². The monoisotopic (exact) mass is 401 g/mol. The molecule has 1 aliphatic rings. The standard InChI is InChI=1S/C22H27NO4S/c1-14-6-9-16(10-7-14)27-12-4-5-19(24)23-21-20(22(25)26-3)17-11-8-15(2)13-18(17)28-21/h6-7,9-10,15H,4-5,8,11-13H2,1-3H3,(H,23,24)/t15-/m0/s1. The summed E-state index contributed by atoms with van der Waals surface area (Å²) in [5.41, 5.74) is 2.77. The number of esters is 1. The zero-order chi connectivity index (χ0) is 20.1. The molecule has 6 heteroatoms. The molecule has 150 valence electrons. The number of aryl methyl sites for hydroxylation is 1. The highest BCUT2D eigenvalue weighted by Crippen LogP contribution is 2.40. The largest absolute Gasteiger partial charge is 0.494 e. The van der Waals surface area contributed by atoms with Crippen LogP contribution in [0.25, 0.3) is 0 Å². The highest BCUT2D eigenvalue weighted by molar-refractivity contribution is 7.17. The Kier molecular flexibility index (Phi) is 6.73. The van der Waals surface area contributed by atoms with Gasteiger partial charge in [0.2, 0.25) is 5.91 Å². The van der Waals surface area contributed by atoms with E-state index in [1.165, 1.54) is 28.9 Å².